The van der Waals surface area contributed by atoms with Crippen molar-refractivity contribution >= 4 is 33.7 Å². The van der Waals surface area contributed by atoms with Crippen molar-refractivity contribution < 1.29 is 4.79 Å². The molecule has 2 aromatic heterocycles. The summed E-state index contributed by atoms with van der Waals surface area (Å²) in [5.41, 5.74) is 8.03. The van der Waals surface area contributed by atoms with Crippen LogP contribution < -0.4 is 16.4 Å². The molecular formula is C19H22N6O. The minimum Gasteiger partial charge on any atom is -0.370 e. The molecule has 1 aromatic carbocycles. The molecule has 3 aromatic rings. The Labute approximate surface area is 151 Å². The number of aliphatic imine (C=N–C) groups is 1. The number of unbranched alkanes of at least 4 members (excludes halogenated alkanes) is 1. The first-order valence-corrected chi connectivity index (χ1v) is 8.92. The van der Waals surface area contributed by atoms with Crippen molar-refractivity contribution in [3.05, 3.63) is 42.2 Å². The number of hydrogen-bond acceptors (Lipinski definition) is 5. The van der Waals surface area contributed by atoms with Crippen LogP contribution in [0.25, 0.3) is 21.8 Å². The molecule has 1 atom stereocenters. The molecule has 0 bridgehead atoms. The molecule has 4 rings (SSSR count). The maximum absolute atomic E-state index is 12.4. The van der Waals surface area contributed by atoms with Gasteiger partial charge in [0.15, 0.2) is 5.96 Å². The van der Waals surface area contributed by atoms with Gasteiger partial charge in [0.25, 0.3) is 5.91 Å². The zero-order valence-corrected chi connectivity index (χ0v) is 14.5. The summed E-state index contributed by atoms with van der Waals surface area (Å²) in [6.45, 7) is 1.38. The largest absolute Gasteiger partial charge is 0.370 e. The molecule has 0 aliphatic carbocycles. The van der Waals surface area contributed by atoms with E-state index in [4.69, 9.17) is 5.73 Å². The lowest BCUT2D eigenvalue weighted by molar-refractivity contribution is 0.0948. The monoisotopic (exact) mass is 350 g/mol. The molecule has 0 fully saturated rings. The highest BCUT2D eigenvalue weighted by atomic mass is 16.1. The first-order valence-electron chi connectivity index (χ1n) is 8.92. The highest BCUT2D eigenvalue weighted by Gasteiger charge is 2.14. The molecule has 0 radical (unpaired) electrons. The number of amides is 1. The Hall–Kier alpha value is -3.09. The van der Waals surface area contributed by atoms with Crippen molar-refractivity contribution in [2.45, 2.75) is 25.3 Å². The predicted molar refractivity (Wildman–Crippen MR) is 103 cm³/mol. The molecular weight excluding hydrogens is 328 g/mol. The molecule has 1 unspecified atom stereocenters. The molecule has 1 amide bonds. The highest BCUT2D eigenvalue weighted by molar-refractivity contribution is 6.09. The van der Waals surface area contributed by atoms with E-state index in [1.807, 2.05) is 30.3 Å². The van der Waals surface area contributed by atoms with E-state index >= 15 is 0 Å². The Bertz CT molecular complexity index is 976. The number of H-pyrrole nitrogens is 1. The third-order valence-electron chi connectivity index (χ3n) is 4.72. The van der Waals surface area contributed by atoms with Crippen LogP contribution >= 0.6 is 0 Å². The average Bonchev–Trinajstić information content (AvgIpc) is 3.23. The van der Waals surface area contributed by atoms with E-state index < -0.39 is 0 Å². The fourth-order valence-electron chi connectivity index (χ4n) is 3.35. The summed E-state index contributed by atoms with van der Waals surface area (Å²) in [6, 6.07) is 10.2. The predicted octanol–water partition coefficient (Wildman–Crippen LogP) is 1.90. The van der Waals surface area contributed by atoms with Crippen LogP contribution in [0, 0.1) is 0 Å². The third-order valence-corrected chi connectivity index (χ3v) is 4.72. The Kier molecular flexibility index (Phi) is 4.43. The highest BCUT2D eigenvalue weighted by Crippen LogP contribution is 2.24. The number of benzene rings is 1. The third kappa shape index (κ3) is 3.33. The number of aromatic nitrogens is 2. The van der Waals surface area contributed by atoms with Crippen molar-refractivity contribution in [1.82, 2.24) is 20.6 Å². The lowest BCUT2D eigenvalue weighted by Crippen LogP contribution is -2.34. The number of carbonyl (C=O) groups is 1. The first kappa shape index (κ1) is 16.4. The standard InChI is InChI=1S/C19H22N6O/c20-19-23-10-12(24-19)5-3-4-8-21-18(26)16-9-14-13-6-1-2-7-15(13)25-17(14)11-22-16/h1-2,6-7,9,11-12,25H,3-5,8,10H2,(H,21,26)(H3,20,23,24). The van der Waals surface area contributed by atoms with Crippen LogP contribution in [-0.2, 0) is 0 Å². The van der Waals surface area contributed by atoms with E-state index in [1.165, 1.54) is 0 Å². The number of carbonyl (C=O) groups excluding carboxylic acids is 1. The van der Waals surface area contributed by atoms with Crippen LogP contribution in [0.4, 0.5) is 0 Å². The number of para-hydroxylation sites is 1. The van der Waals surface area contributed by atoms with Gasteiger partial charge in [-0.1, -0.05) is 18.2 Å². The lowest BCUT2D eigenvalue weighted by Gasteiger charge is -2.10. The normalized spacial score (nSPS) is 16.6. The molecule has 5 N–H and O–H groups in total. The van der Waals surface area contributed by atoms with Gasteiger partial charge in [-0.15, -0.1) is 0 Å². The van der Waals surface area contributed by atoms with Gasteiger partial charge in [0.1, 0.15) is 5.69 Å². The van der Waals surface area contributed by atoms with E-state index in [0.717, 1.165) is 47.6 Å². The summed E-state index contributed by atoms with van der Waals surface area (Å²) < 4.78 is 0. The zero-order valence-electron chi connectivity index (χ0n) is 14.5. The number of rotatable bonds is 6. The maximum Gasteiger partial charge on any atom is 0.269 e. The zero-order chi connectivity index (χ0) is 17.9. The van der Waals surface area contributed by atoms with Crippen LogP contribution in [0.5, 0.6) is 0 Å². The SMILES string of the molecule is NC1=NCC(CCCCNC(=O)c2cc3c(cn2)[nH]c2ccccc23)N1. The Morgan fingerprint density at radius 1 is 1.23 bits per heavy atom. The fourth-order valence-corrected chi connectivity index (χ4v) is 3.35. The summed E-state index contributed by atoms with van der Waals surface area (Å²) in [7, 11) is 0. The summed E-state index contributed by atoms with van der Waals surface area (Å²) in [6.07, 6.45) is 4.65. The van der Waals surface area contributed by atoms with Gasteiger partial charge in [-0.2, -0.15) is 0 Å². The number of nitrogens with one attached hydrogen (secondary N) is 3. The van der Waals surface area contributed by atoms with Gasteiger partial charge in [0.05, 0.1) is 18.3 Å². The van der Waals surface area contributed by atoms with Gasteiger partial charge in [-0.25, -0.2) is 4.98 Å². The summed E-state index contributed by atoms with van der Waals surface area (Å²) in [4.78, 5) is 24.1. The van der Waals surface area contributed by atoms with Crippen LogP contribution in [0.15, 0.2) is 41.5 Å². The number of nitrogens with zero attached hydrogens (tertiary/aromatic N) is 2. The first-order chi connectivity index (χ1) is 12.7. The number of guanidine groups is 1. The summed E-state index contributed by atoms with van der Waals surface area (Å²) in [5.74, 6) is 0.394. The Balaban J connectivity index is 1.32. The van der Waals surface area contributed by atoms with Gasteiger partial charge < -0.3 is 21.4 Å². The lowest BCUT2D eigenvalue weighted by atomic mass is 10.1. The van der Waals surface area contributed by atoms with Crippen molar-refractivity contribution in [2.75, 3.05) is 13.1 Å². The summed E-state index contributed by atoms with van der Waals surface area (Å²) >= 11 is 0. The van der Waals surface area contributed by atoms with Crippen LogP contribution in [0.3, 0.4) is 0 Å². The van der Waals surface area contributed by atoms with Gasteiger partial charge in [-0.3, -0.25) is 9.79 Å². The van der Waals surface area contributed by atoms with Crippen LogP contribution in [0.1, 0.15) is 29.8 Å². The number of fused-ring (bicyclic) bond motifs is 3. The van der Waals surface area contributed by atoms with Gasteiger partial charge in [0.2, 0.25) is 0 Å². The summed E-state index contributed by atoms with van der Waals surface area (Å²) in [5, 5.41) is 8.21. The van der Waals surface area contributed by atoms with Crippen LogP contribution in [-0.4, -0.2) is 41.0 Å². The number of aromatic amines is 1. The number of pyridine rings is 1. The van der Waals surface area contributed by atoms with E-state index in [2.05, 4.69) is 25.6 Å². The molecule has 1 aliphatic heterocycles. The van der Waals surface area contributed by atoms with Crippen LogP contribution in [0.2, 0.25) is 0 Å². The van der Waals surface area contributed by atoms with E-state index in [1.54, 1.807) is 6.20 Å². The van der Waals surface area contributed by atoms with Crippen molar-refractivity contribution in [3.8, 4) is 0 Å². The van der Waals surface area contributed by atoms with Crippen molar-refractivity contribution in [2.24, 2.45) is 10.7 Å². The molecule has 3 heterocycles. The molecule has 0 spiro atoms. The van der Waals surface area contributed by atoms with Gasteiger partial charge in [0, 0.05) is 28.9 Å². The second-order valence-electron chi connectivity index (χ2n) is 6.60. The minimum atomic E-state index is -0.135. The van der Waals surface area contributed by atoms with Gasteiger partial charge in [-0.05, 0) is 31.4 Å². The fraction of sp³-hybridized carbons (Fsp3) is 0.316. The topological polar surface area (TPSA) is 108 Å². The second-order valence-corrected chi connectivity index (χ2v) is 6.60. The molecule has 7 nitrogen and oxygen atoms in total. The van der Waals surface area contributed by atoms with Gasteiger partial charge >= 0.3 is 0 Å². The Morgan fingerprint density at radius 2 is 2.12 bits per heavy atom. The molecule has 1 aliphatic rings. The van der Waals surface area contributed by atoms with E-state index in [-0.39, 0.29) is 5.91 Å². The molecule has 0 saturated carbocycles. The number of nitrogens with two attached hydrogens (primary N) is 1. The molecule has 26 heavy (non-hydrogen) atoms. The van der Waals surface area contributed by atoms with E-state index in [0.29, 0.717) is 24.2 Å². The smallest absolute Gasteiger partial charge is 0.269 e. The average molecular weight is 350 g/mol. The van der Waals surface area contributed by atoms with E-state index in [9.17, 15) is 4.79 Å². The van der Waals surface area contributed by atoms with Crippen molar-refractivity contribution in [3.63, 3.8) is 0 Å². The molecule has 7 heteroatoms. The van der Waals surface area contributed by atoms with Crippen molar-refractivity contribution in [1.29, 1.82) is 0 Å². The second kappa shape index (κ2) is 7.03. The molecule has 134 valence electrons. The number of hydrogen-bond donors (Lipinski definition) is 4. The Morgan fingerprint density at radius 3 is 2.96 bits per heavy atom. The minimum absolute atomic E-state index is 0.135. The molecule has 0 saturated heterocycles. The quantitative estimate of drug-likeness (QED) is 0.509. The maximum atomic E-state index is 12.4.